The van der Waals surface area contributed by atoms with E-state index in [-0.39, 0.29) is 5.97 Å². The van der Waals surface area contributed by atoms with Gasteiger partial charge in [-0.05, 0) is 12.8 Å². The number of carbonyl (C=O) groups excluding carboxylic acids is 1. The van der Waals surface area contributed by atoms with Gasteiger partial charge in [0.1, 0.15) is 0 Å². The summed E-state index contributed by atoms with van der Waals surface area (Å²) in [5, 5.41) is 0. The van der Waals surface area contributed by atoms with Gasteiger partial charge in [-0.25, -0.2) is 0 Å². The highest BCUT2D eigenvalue weighted by Gasteiger charge is 1.97. The van der Waals surface area contributed by atoms with Crippen LogP contribution in [0, 0.1) is 0 Å². The summed E-state index contributed by atoms with van der Waals surface area (Å²) < 4.78 is 4.51. The number of hydrogen-bond acceptors (Lipinski definition) is 3. The van der Waals surface area contributed by atoms with Crippen LogP contribution in [0.5, 0.6) is 0 Å². The van der Waals surface area contributed by atoms with Crippen LogP contribution in [0.25, 0.3) is 0 Å². The van der Waals surface area contributed by atoms with E-state index < -0.39 is 0 Å². The summed E-state index contributed by atoms with van der Waals surface area (Å²) in [7, 11) is 5.27. The Hall–Kier alpha value is -1.06. The quantitative estimate of drug-likeness (QED) is 0.268. The molecule has 0 atom stereocenters. The fourth-order valence-corrected chi connectivity index (χ4v) is 0.796. The van der Waals surface area contributed by atoms with Crippen molar-refractivity contribution in [1.82, 2.24) is 4.90 Å². The molecule has 13 heavy (non-hydrogen) atoms. The maximum atomic E-state index is 10.7. The van der Waals surface area contributed by atoms with Crippen LogP contribution in [0.1, 0.15) is 19.3 Å². The molecule has 4 nitrogen and oxygen atoms in total. The average molecular weight is 186 g/mol. The van der Waals surface area contributed by atoms with Gasteiger partial charge in [-0.15, -0.1) is 0 Å². The van der Waals surface area contributed by atoms with Gasteiger partial charge in [-0.3, -0.25) is 9.79 Å². The lowest BCUT2D eigenvalue weighted by molar-refractivity contribution is -0.140. The predicted octanol–water partition coefficient (Wildman–Crippen LogP) is 0.920. The zero-order valence-electron chi connectivity index (χ0n) is 8.62. The molecule has 0 bridgehead atoms. The van der Waals surface area contributed by atoms with Crippen LogP contribution >= 0.6 is 0 Å². The number of ether oxygens (including phenoxy) is 1. The largest absolute Gasteiger partial charge is 0.469 e. The third-order valence-corrected chi connectivity index (χ3v) is 1.46. The second-order valence-corrected chi connectivity index (χ2v) is 3.02. The number of methoxy groups -OCH3 is 1. The topological polar surface area (TPSA) is 41.9 Å². The molecule has 0 aromatic carbocycles. The fourth-order valence-electron chi connectivity index (χ4n) is 0.796. The molecule has 0 aromatic rings. The number of hydrogen-bond donors (Lipinski definition) is 0. The summed E-state index contributed by atoms with van der Waals surface area (Å²) in [5.41, 5.74) is 0. The number of aliphatic imine (C=N–C) groups is 1. The Balaban J connectivity index is 3.22. The lowest BCUT2D eigenvalue weighted by Gasteiger charge is -2.02. The van der Waals surface area contributed by atoms with Crippen LogP contribution in [0.4, 0.5) is 0 Å². The first-order valence-corrected chi connectivity index (χ1v) is 4.40. The van der Waals surface area contributed by atoms with Gasteiger partial charge < -0.3 is 9.64 Å². The summed E-state index contributed by atoms with van der Waals surface area (Å²) in [5.74, 6) is -0.142. The van der Waals surface area contributed by atoms with Gasteiger partial charge in [0.15, 0.2) is 0 Å². The Bertz CT molecular complexity index is 167. The molecule has 0 rings (SSSR count). The molecule has 0 spiro atoms. The summed E-state index contributed by atoms with van der Waals surface area (Å²) in [6.45, 7) is 0.773. The molecule has 0 saturated carbocycles. The Morgan fingerprint density at radius 2 is 2.15 bits per heavy atom. The smallest absolute Gasteiger partial charge is 0.305 e. The zero-order valence-corrected chi connectivity index (χ0v) is 8.62. The minimum absolute atomic E-state index is 0.142. The van der Waals surface area contributed by atoms with Crippen molar-refractivity contribution < 1.29 is 9.53 Å². The minimum Gasteiger partial charge on any atom is -0.469 e. The van der Waals surface area contributed by atoms with Crippen LogP contribution in [0.15, 0.2) is 4.99 Å². The molecule has 76 valence electrons. The molecule has 4 heteroatoms. The van der Waals surface area contributed by atoms with E-state index in [9.17, 15) is 4.79 Å². The standard InChI is InChI=1S/C9H18N2O2/c1-11(2)8-10-7-5-4-6-9(12)13-3/h8H,4-7H2,1-3H3. The minimum atomic E-state index is -0.142. The second kappa shape index (κ2) is 7.58. The van der Waals surface area contributed by atoms with E-state index in [1.165, 1.54) is 7.11 Å². The van der Waals surface area contributed by atoms with Crippen molar-refractivity contribution in [2.45, 2.75) is 19.3 Å². The van der Waals surface area contributed by atoms with Gasteiger partial charge in [0.25, 0.3) is 0 Å². The third kappa shape index (κ3) is 8.85. The van der Waals surface area contributed by atoms with Gasteiger partial charge >= 0.3 is 5.97 Å². The van der Waals surface area contributed by atoms with Crippen molar-refractivity contribution in [2.75, 3.05) is 27.7 Å². The van der Waals surface area contributed by atoms with Crippen molar-refractivity contribution >= 4 is 12.3 Å². The molecular weight excluding hydrogens is 168 g/mol. The van der Waals surface area contributed by atoms with Crippen LogP contribution in [-0.4, -0.2) is 45.0 Å². The normalized spacial score (nSPS) is 10.4. The molecule has 0 amide bonds. The summed E-state index contributed by atoms with van der Waals surface area (Å²) in [4.78, 5) is 16.7. The molecule has 0 heterocycles. The monoisotopic (exact) mass is 186 g/mol. The Kier molecular flexibility index (Phi) is 6.96. The number of carbonyl (C=O) groups is 1. The molecule has 0 aliphatic carbocycles. The summed E-state index contributed by atoms with van der Waals surface area (Å²) in [6, 6.07) is 0. The molecule has 0 aromatic heterocycles. The third-order valence-electron chi connectivity index (χ3n) is 1.46. The second-order valence-electron chi connectivity index (χ2n) is 3.02. The first kappa shape index (κ1) is 11.9. The Labute approximate surface area is 79.6 Å². The highest BCUT2D eigenvalue weighted by molar-refractivity contribution is 5.68. The maximum absolute atomic E-state index is 10.7. The van der Waals surface area contributed by atoms with Crippen LogP contribution in [0.3, 0.4) is 0 Å². The number of rotatable bonds is 6. The molecule has 0 unspecified atom stereocenters. The van der Waals surface area contributed by atoms with Gasteiger partial charge in [-0.2, -0.15) is 0 Å². The Morgan fingerprint density at radius 1 is 1.46 bits per heavy atom. The molecule has 0 aliphatic rings. The molecule has 0 radical (unpaired) electrons. The van der Waals surface area contributed by atoms with Gasteiger partial charge in [-0.1, -0.05) is 0 Å². The van der Waals surface area contributed by atoms with E-state index in [1.807, 2.05) is 19.0 Å². The number of nitrogens with zero attached hydrogens (tertiary/aromatic N) is 2. The van der Waals surface area contributed by atoms with Crippen LogP contribution < -0.4 is 0 Å². The Morgan fingerprint density at radius 3 is 2.69 bits per heavy atom. The van der Waals surface area contributed by atoms with Crippen molar-refractivity contribution in [3.8, 4) is 0 Å². The molecule has 0 aliphatic heterocycles. The van der Waals surface area contributed by atoms with Gasteiger partial charge in [0.05, 0.1) is 13.4 Å². The highest BCUT2D eigenvalue weighted by Crippen LogP contribution is 1.96. The molecule has 0 saturated heterocycles. The lowest BCUT2D eigenvalue weighted by atomic mass is 10.2. The van der Waals surface area contributed by atoms with E-state index >= 15 is 0 Å². The average Bonchev–Trinajstić information content (AvgIpc) is 2.10. The molecule has 0 fully saturated rings. The van der Waals surface area contributed by atoms with Gasteiger partial charge in [0.2, 0.25) is 0 Å². The first-order chi connectivity index (χ1) is 6.16. The number of esters is 1. The zero-order chi connectivity index (χ0) is 10.1. The maximum Gasteiger partial charge on any atom is 0.305 e. The summed E-state index contributed by atoms with van der Waals surface area (Å²) in [6.07, 6.45) is 4.04. The van der Waals surface area contributed by atoms with E-state index in [4.69, 9.17) is 0 Å². The van der Waals surface area contributed by atoms with E-state index in [0.717, 1.165) is 19.4 Å². The fraction of sp³-hybridized carbons (Fsp3) is 0.778. The van der Waals surface area contributed by atoms with Crippen LogP contribution in [0.2, 0.25) is 0 Å². The first-order valence-electron chi connectivity index (χ1n) is 4.40. The molecule has 0 N–H and O–H groups in total. The van der Waals surface area contributed by atoms with Crippen molar-refractivity contribution in [3.63, 3.8) is 0 Å². The van der Waals surface area contributed by atoms with E-state index in [2.05, 4.69) is 9.73 Å². The van der Waals surface area contributed by atoms with Crippen molar-refractivity contribution in [2.24, 2.45) is 4.99 Å². The van der Waals surface area contributed by atoms with E-state index in [1.54, 1.807) is 6.34 Å². The molecular formula is C9H18N2O2. The van der Waals surface area contributed by atoms with E-state index in [0.29, 0.717) is 6.42 Å². The highest BCUT2D eigenvalue weighted by atomic mass is 16.5. The van der Waals surface area contributed by atoms with Gasteiger partial charge in [0, 0.05) is 27.1 Å². The lowest BCUT2D eigenvalue weighted by Crippen LogP contribution is -2.08. The SMILES string of the molecule is COC(=O)CCCCN=CN(C)C. The number of unbranched alkanes of at least 4 members (excludes halogenated alkanes) is 1. The van der Waals surface area contributed by atoms with Crippen molar-refractivity contribution in [3.05, 3.63) is 0 Å². The van der Waals surface area contributed by atoms with Crippen molar-refractivity contribution in [1.29, 1.82) is 0 Å². The predicted molar refractivity (Wildman–Crippen MR) is 52.9 cm³/mol. The summed E-state index contributed by atoms with van der Waals surface area (Å²) >= 11 is 0. The van der Waals surface area contributed by atoms with Crippen LogP contribution in [-0.2, 0) is 9.53 Å².